The van der Waals surface area contributed by atoms with Crippen LogP contribution in [0.5, 0.6) is 0 Å². The Labute approximate surface area is 124 Å². The minimum atomic E-state index is 0.0884. The van der Waals surface area contributed by atoms with E-state index in [9.17, 15) is 4.79 Å². The summed E-state index contributed by atoms with van der Waals surface area (Å²) < 4.78 is 0. The molecule has 20 heavy (non-hydrogen) atoms. The molecule has 3 nitrogen and oxygen atoms in total. The van der Waals surface area contributed by atoms with E-state index in [1.165, 1.54) is 42.5 Å². The van der Waals surface area contributed by atoms with Crippen LogP contribution in [0.2, 0.25) is 0 Å². The van der Waals surface area contributed by atoms with Crippen LogP contribution in [-0.2, 0) is 12.8 Å². The highest BCUT2D eigenvalue weighted by Crippen LogP contribution is 2.29. The molecule has 110 valence electrons. The number of fused-ring (bicyclic) bond motifs is 1. The molecule has 0 aliphatic heterocycles. The third-order valence-corrected chi connectivity index (χ3v) is 5.84. The van der Waals surface area contributed by atoms with Crippen LogP contribution in [0.25, 0.3) is 0 Å². The van der Waals surface area contributed by atoms with Crippen LogP contribution in [0.15, 0.2) is 6.07 Å². The standard InChI is InChI=1S/C16H24N2OS/c17-12-7-4-5-8-13(12)18-16(19)15-10-11-6-2-1-3-9-14(11)20-15/h10,12-13H,1-9,17H2,(H,18,19)/t12-,13-/m1/s1. The molecule has 1 amide bonds. The van der Waals surface area contributed by atoms with Gasteiger partial charge < -0.3 is 11.1 Å². The quantitative estimate of drug-likeness (QED) is 0.823. The summed E-state index contributed by atoms with van der Waals surface area (Å²) in [7, 11) is 0. The topological polar surface area (TPSA) is 55.1 Å². The van der Waals surface area contributed by atoms with E-state index in [-0.39, 0.29) is 18.0 Å². The van der Waals surface area contributed by atoms with Gasteiger partial charge in [0.15, 0.2) is 0 Å². The van der Waals surface area contributed by atoms with Crippen molar-refractivity contribution in [2.45, 2.75) is 69.9 Å². The molecule has 2 aliphatic carbocycles. The third kappa shape index (κ3) is 3.07. The fourth-order valence-electron chi connectivity index (χ4n) is 3.36. The van der Waals surface area contributed by atoms with Gasteiger partial charge in [-0.1, -0.05) is 19.3 Å². The Morgan fingerprint density at radius 3 is 2.80 bits per heavy atom. The molecule has 3 N–H and O–H groups in total. The van der Waals surface area contributed by atoms with E-state index >= 15 is 0 Å². The average molecular weight is 292 g/mol. The number of amides is 1. The molecule has 2 atom stereocenters. The van der Waals surface area contributed by atoms with Gasteiger partial charge in [0.1, 0.15) is 0 Å². The zero-order chi connectivity index (χ0) is 13.9. The number of rotatable bonds is 2. The lowest BCUT2D eigenvalue weighted by Gasteiger charge is -2.29. The predicted octanol–water partition coefficient (Wildman–Crippen LogP) is 3.02. The monoisotopic (exact) mass is 292 g/mol. The van der Waals surface area contributed by atoms with Crippen molar-refractivity contribution in [3.05, 3.63) is 21.4 Å². The number of carbonyl (C=O) groups is 1. The van der Waals surface area contributed by atoms with E-state index in [2.05, 4.69) is 11.4 Å². The number of nitrogens with one attached hydrogen (secondary N) is 1. The molecule has 0 radical (unpaired) electrons. The van der Waals surface area contributed by atoms with Gasteiger partial charge in [-0.2, -0.15) is 0 Å². The van der Waals surface area contributed by atoms with Crippen molar-refractivity contribution >= 4 is 17.2 Å². The molecule has 1 fully saturated rings. The maximum atomic E-state index is 12.4. The lowest BCUT2D eigenvalue weighted by atomic mass is 9.91. The molecule has 0 unspecified atom stereocenters. The normalized spacial score (nSPS) is 26.6. The Hall–Kier alpha value is -0.870. The van der Waals surface area contributed by atoms with E-state index in [1.54, 1.807) is 11.3 Å². The van der Waals surface area contributed by atoms with E-state index in [0.29, 0.717) is 0 Å². The lowest BCUT2D eigenvalue weighted by molar-refractivity contribution is 0.0925. The molecule has 1 aromatic heterocycles. The first-order valence-electron chi connectivity index (χ1n) is 7.92. The molecule has 0 spiro atoms. The largest absolute Gasteiger partial charge is 0.347 e. The summed E-state index contributed by atoms with van der Waals surface area (Å²) >= 11 is 1.69. The SMILES string of the molecule is N[C@@H]1CCCC[C@H]1NC(=O)c1cc2c(s1)CCCCC2. The Bertz CT molecular complexity index is 459. The van der Waals surface area contributed by atoms with Crippen molar-refractivity contribution in [2.24, 2.45) is 5.73 Å². The smallest absolute Gasteiger partial charge is 0.261 e. The summed E-state index contributed by atoms with van der Waals surface area (Å²) in [5.74, 6) is 0.0884. The van der Waals surface area contributed by atoms with Crippen LogP contribution in [-0.4, -0.2) is 18.0 Å². The predicted molar refractivity (Wildman–Crippen MR) is 83.3 cm³/mol. The van der Waals surface area contributed by atoms with Gasteiger partial charge in [-0.15, -0.1) is 11.3 Å². The fraction of sp³-hybridized carbons (Fsp3) is 0.688. The van der Waals surface area contributed by atoms with Gasteiger partial charge in [0, 0.05) is 17.0 Å². The highest BCUT2D eigenvalue weighted by Gasteiger charge is 2.25. The van der Waals surface area contributed by atoms with Gasteiger partial charge in [-0.3, -0.25) is 4.79 Å². The molecule has 0 bridgehead atoms. The van der Waals surface area contributed by atoms with E-state index in [1.807, 2.05) is 0 Å². The van der Waals surface area contributed by atoms with Gasteiger partial charge in [0.05, 0.1) is 4.88 Å². The summed E-state index contributed by atoms with van der Waals surface area (Å²) in [6.45, 7) is 0. The molecule has 2 aliphatic rings. The highest BCUT2D eigenvalue weighted by molar-refractivity contribution is 7.14. The molecule has 0 saturated heterocycles. The van der Waals surface area contributed by atoms with Crippen molar-refractivity contribution < 1.29 is 4.79 Å². The minimum Gasteiger partial charge on any atom is -0.347 e. The number of carbonyl (C=O) groups excluding carboxylic acids is 1. The average Bonchev–Trinajstić information content (AvgIpc) is 2.73. The summed E-state index contributed by atoms with van der Waals surface area (Å²) in [5.41, 5.74) is 7.52. The second-order valence-corrected chi connectivity index (χ2v) is 7.28. The van der Waals surface area contributed by atoms with E-state index in [4.69, 9.17) is 5.73 Å². The van der Waals surface area contributed by atoms with Crippen LogP contribution in [0, 0.1) is 0 Å². The first-order chi connectivity index (χ1) is 9.74. The first kappa shape index (κ1) is 14.1. The molecule has 1 heterocycles. The van der Waals surface area contributed by atoms with Crippen molar-refractivity contribution in [3.63, 3.8) is 0 Å². The molecular formula is C16H24N2OS. The number of hydrogen-bond donors (Lipinski definition) is 2. The van der Waals surface area contributed by atoms with Crippen molar-refractivity contribution in [1.82, 2.24) is 5.32 Å². The summed E-state index contributed by atoms with van der Waals surface area (Å²) in [4.78, 5) is 14.7. The second kappa shape index (κ2) is 6.27. The second-order valence-electron chi connectivity index (χ2n) is 6.15. The Morgan fingerprint density at radius 2 is 1.95 bits per heavy atom. The van der Waals surface area contributed by atoms with Gasteiger partial charge in [-0.05, 0) is 50.2 Å². The highest BCUT2D eigenvalue weighted by atomic mass is 32.1. The van der Waals surface area contributed by atoms with Crippen LogP contribution in [0.3, 0.4) is 0 Å². The Kier molecular flexibility index (Phi) is 4.41. The van der Waals surface area contributed by atoms with Crippen molar-refractivity contribution in [1.29, 1.82) is 0 Å². The van der Waals surface area contributed by atoms with E-state index in [0.717, 1.165) is 30.6 Å². The fourth-order valence-corrected chi connectivity index (χ4v) is 4.51. The molecule has 0 aromatic carbocycles. The summed E-state index contributed by atoms with van der Waals surface area (Å²) in [6.07, 6.45) is 10.6. The zero-order valence-corrected chi connectivity index (χ0v) is 12.8. The molecule has 4 heteroatoms. The Balaban J connectivity index is 1.68. The summed E-state index contributed by atoms with van der Waals surface area (Å²) in [6, 6.07) is 2.42. The third-order valence-electron chi connectivity index (χ3n) is 4.61. The number of aryl methyl sites for hydroxylation is 2. The number of hydrogen-bond acceptors (Lipinski definition) is 3. The van der Waals surface area contributed by atoms with Gasteiger partial charge >= 0.3 is 0 Å². The van der Waals surface area contributed by atoms with Crippen LogP contribution in [0.4, 0.5) is 0 Å². The molecule has 3 rings (SSSR count). The first-order valence-corrected chi connectivity index (χ1v) is 8.74. The Morgan fingerprint density at radius 1 is 1.15 bits per heavy atom. The number of thiophene rings is 1. The van der Waals surface area contributed by atoms with E-state index < -0.39 is 0 Å². The minimum absolute atomic E-state index is 0.0884. The maximum absolute atomic E-state index is 12.4. The van der Waals surface area contributed by atoms with Crippen LogP contribution < -0.4 is 11.1 Å². The van der Waals surface area contributed by atoms with Gasteiger partial charge in [0.25, 0.3) is 5.91 Å². The van der Waals surface area contributed by atoms with Crippen molar-refractivity contribution in [3.8, 4) is 0 Å². The zero-order valence-electron chi connectivity index (χ0n) is 12.0. The summed E-state index contributed by atoms with van der Waals surface area (Å²) in [5, 5.41) is 3.16. The molecule has 1 saturated carbocycles. The molecular weight excluding hydrogens is 268 g/mol. The molecule has 1 aromatic rings. The van der Waals surface area contributed by atoms with Crippen LogP contribution in [0.1, 0.15) is 65.1 Å². The van der Waals surface area contributed by atoms with Gasteiger partial charge in [0.2, 0.25) is 0 Å². The van der Waals surface area contributed by atoms with Crippen molar-refractivity contribution in [2.75, 3.05) is 0 Å². The number of nitrogens with two attached hydrogens (primary N) is 1. The maximum Gasteiger partial charge on any atom is 0.261 e. The van der Waals surface area contributed by atoms with Crippen LogP contribution >= 0.6 is 11.3 Å². The van der Waals surface area contributed by atoms with Gasteiger partial charge in [-0.25, -0.2) is 0 Å². The lowest BCUT2D eigenvalue weighted by Crippen LogP contribution is -2.49.